The second-order valence-electron chi connectivity index (χ2n) is 5.28. The van der Waals surface area contributed by atoms with Crippen molar-refractivity contribution in [2.24, 2.45) is 0 Å². The Morgan fingerprint density at radius 1 is 1.20 bits per heavy atom. The van der Waals surface area contributed by atoms with Gasteiger partial charge in [-0.2, -0.15) is 0 Å². The molecule has 1 atom stereocenters. The van der Waals surface area contributed by atoms with Gasteiger partial charge in [0.25, 0.3) is 0 Å². The Labute approximate surface area is 121 Å². The number of methoxy groups -OCH3 is 1. The number of rotatable bonds is 10. The maximum absolute atomic E-state index is 5.64. The maximum atomic E-state index is 5.64. The summed E-state index contributed by atoms with van der Waals surface area (Å²) in [5, 5.41) is 3.50. The van der Waals surface area contributed by atoms with Crippen LogP contribution in [-0.4, -0.2) is 39.1 Å². The van der Waals surface area contributed by atoms with Gasteiger partial charge in [-0.3, -0.25) is 0 Å². The normalized spacial score (nSPS) is 16.1. The van der Waals surface area contributed by atoms with E-state index in [1.807, 2.05) is 19.1 Å². The van der Waals surface area contributed by atoms with E-state index in [0.717, 1.165) is 18.3 Å². The molecular weight excluding hydrogens is 254 g/mol. The SMILES string of the molecule is COCC(C)OCCOc1ccc(CNC2CC2)cc1. The van der Waals surface area contributed by atoms with E-state index >= 15 is 0 Å². The summed E-state index contributed by atoms with van der Waals surface area (Å²) >= 11 is 0. The van der Waals surface area contributed by atoms with Gasteiger partial charge in [-0.1, -0.05) is 12.1 Å². The van der Waals surface area contributed by atoms with Crippen LogP contribution in [0, 0.1) is 0 Å². The summed E-state index contributed by atoms with van der Waals surface area (Å²) < 4.78 is 16.2. The van der Waals surface area contributed by atoms with Crippen LogP contribution >= 0.6 is 0 Å². The zero-order valence-corrected chi connectivity index (χ0v) is 12.4. The third-order valence-electron chi connectivity index (χ3n) is 3.25. The first-order valence-corrected chi connectivity index (χ1v) is 7.33. The summed E-state index contributed by atoms with van der Waals surface area (Å²) in [6, 6.07) is 9.00. The minimum atomic E-state index is 0.111. The van der Waals surface area contributed by atoms with Gasteiger partial charge in [0.1, 0.15) is 12.4 Å². The van der Waals surface area contributed by atoms with Crippen LogP contribution in [0.2, 0.25) is 0 Å². The molecule has 4 nitrogen and oxygen atoms in total. The molecule has 0 amide bonds. The van der Waals surface area contributed by atoms with Gasteiger partial charge in [-0.15, -0.1) is 0 Å². The average molecular weight is 279 g/mol. The van der Waals surface area contributed by atoms with Crippen molar-refractivity contribution in [2.45, 2.75) is 38.5 Å². The molecule has 1 fully saturated rings. The van der Waals surface area contributed by atoms with E-state index in [2.05, 4.69) is 17.4 Å². The highest BCUT2D eigenvalue weighted by Crippen LogP contribution is 2.19. The second-order valence-corrected chi connectivity index (χ2v) is 5.28. The number of ether oxygens (including phenoxy) is 3. The van der Waals surface area contributed by atoms with Gasteiger partial charge in [-0.25, -0.2) is 0 Å². The lowest BCUT2D eigenvalue weighted by Crippen LogP contribution is -2.18. The Hall–Kier alpha value is -1.10. The third-order valence-corrected chi connectivity index (χ3v) is 3.25. The van der Waals surface area contributed by atoms with Crippen molar-refractivity contribution >= 4 is 0 Å². The van der Waals surface area contributed by atoms with Gasteiger partial charge in [0, 0.05) is 19.7 Å². The lowest BCUT2D eigenvalue weighted by molar-refractivity contribution is -0.00214. The number of nitrogens with one attached hydrogen (secondary N) is 1. The molecule has 1 aromatic rings. The van der Waals surface area contributed by atoms with Gasteiger partial charge in [-0.05, 0) is 37.5 Å². The second kappa shape index (κ2) is 8.25. The van der Waals surface area contributed by atoms with Crippen LogP contribution in [0.4, 0.5) is 0 Å². The highest BCUT2D eigenvalue weighted by atomic mass is 16.5. The summed E-state index contributed by atoms with van der Waals surface area (Å²) in [4.78, 5) is 0. The fourth-order valence-corrected chi connectivity index (χ4v) is 1.94. The molecule has 0 spiro atoms. The molecule has 1 unspecified atom stereocenters. The highest BCUT2D eigenvalue weighted by molar-refractivity contribution is 5.27. The molecule has 1 aliphatic rings. The van der Waals surface area contributed by atoms with Crippen LogP contribution in [0.25, 0.3) is 0 Å². The number of hydrogen-bond donors (Lipinski definition) is 1. The fraction of sp³-hybridized carbons (Fsp3) is 0.625. The minimum absolute atomic E-state index is 0.111. The van der Waals surface area contributed by atoms with Crippen LogP contribution in [0.5, 0.6) is 5.75 Å². The first-order valence-electron chi connectivity index (χ1n) is 7.33. The van der Waals surface area contributed by atoms with Crippen molar-refractivity contribution in [2.75, 3.05) is 26.9 Å². The zero-order chi connectivity index (χ0) is 14.2. The predicted molar refractivity (Wildman–Crippen MR) is 79.1 cm³/mol. The molecule has 0 saturated heterocycles. The van der Waals surface area contributed by atoms with E-state index < -0.39 is 0 Å². The number of hydrogen-bond acceptors (Lipinski definition) is 4. The van der Waals surface area contributed by atoms with E-state index in [1.54, 1.807) is 7.11 Å². The smallest absolute Gasteiger partial charge is 0.119 e. The molecule has 2 rings (SSSR count). The van der Waals surface area contributed by atoms with E-state index in [4.69, 9.17) is 14.2 Å². The van der Waals surface area contributed by atoms with E-state index in [1.165, 1.54) is 18.4 Å². The van der Waals surface area contributed by atoms with Crippen LogP contribution in [0.15, 0.2) is 24.3 Å². The van der Waals surface area contributed by atoms with Gasteiger partial charge < -0.3 is 19.5 Å². The topological polar surface area (TPSA) is 39.7 Å². The molecule has 0 aliphatic heterocycles. The maximum Gasteiger partial charge on any atom is 0.119 e. The lowest BCUT2D eigenvalue weighted by atomic mass is 10.2. The van der Waals surface area contributed by atoms with Gasteiger partial charge in [0.05, 0.1) is 19.3 Å². The first-order chi connectivity index (χ1) is 9.78. The summed E-state index contributed by atoms with van der Waals surface area (Å²) in [5.41, 5.74) is 1.30. The van der Waals surface area contributed by atoms with Crippen LogP contribution in [-0.2, 0) is 16.0 Å². The van der Waals surface area contributed by atoms with Crippen molar-refractivity contribution in [1.82, 2.24) is 5.32 Å². The molecular formula is C16H25NO3. The first kappa shape index (κ1) is 15.3. The molecule has 0 heterocycles. The molecule has 20 heavy (non-hydrogen) atoms. The fourth-order valence-electron chi connectivity index (χ4n) is 1.94. The molecule has 1 aliphatic carbocycles. The quantitative estimate of drug-likeness (QED) is 0.668. The van der Waals surface area contributed by atoms with Crippen molar-refractivity contribution < 1.29 is 14.2 Å². The van der Waals surface area contributed by atoms with Crippen LogP contribution in [0.1, 0.15) is 25.3 Å². The Bertz CT molecular complexity index is 376. The van der Waals surface area contributed by atoms with E-state index in [-0.39, 0.29) is 6.10 Å². The van der Waals surface area contributed by atoms with E-state index in [9.17, 15) is 0 Å². The standard InChI is InChI=1S/C16H25NO3/c1-13(12-18-2)19-9-10-20-16-7-3-14(4-8-16)11-17-15-5-6-15/h3-4,7-8,13,15,17H,5-6,9-12H2,1-2H3. The zero-order valence-electron chi connectivity index (χ0n) is 12.4. The monoisotopic (exact) mass is 279 g/mol. The van der Waals surface area contributed by atoms with Gasteiger partial charge in [0.15, 0.2) is 0 Å². The summed E-state index contributed by atoms with van der Waals surface area (Å²) in [5.74, 6) is 0.892. The summed E-state index contributed by atoms with van der Waals surface area (Å²) in [7, 11) is 1.68. The highest BCUT2D eigenvalue weighted by Gasteiger charge is 2.19. The van der Waals surface area contributed by atoms with Crippen LogP contribution < -0.4 is 10.1 Å². The molecule has 0 bridgehead atoms. The molecule has 1 saturated carbocycles. The molecule has 0 aromatic heterocycles. The largest absolute Gasteiger partial charge is 0.491 e. The average Bonchev–Trinajstić information content (AvgIpc) is 3.27. The molecule has 1 aromatic carbocycles. The number of benzene rings is 1. The Morgan fingerprint density at radius 3 is 2.60 bits per heavy atom. The van der Waals surface area contributed by atoms with Crippen molar-refractivity contribution in [1.29, 1.82) is 0 Å². The Balaban J connectivity index is 1.60. The van der Waals surface area contributed by atoms with E-state index in [0.29, 0.717) is 19.8 Å². The molecule has 112 valence electrons. The Morgan fingerprint density at radius 2 is 1.95 bits per heavy atom. The predicted octanol–water partition coefficient (Wildman–Crippen LogP) is 2.37. The lowest BCUT2D eigenvalue weighted by Gasteiger charge is -2.12. The molecule has 0 radical (unpaired) electrons. The molecule has 1 N–H and O–H groups in total. The Kier molecular flexibility index (Phi) is 6.30. The van der Waals surface area contributed by atoms with Crippen LogP contribution in [0.3, 0.4) is 0 Å². The van der Waals surface area contributed by atoms with Gasteiger partial charge >= 0.3 is 0 Å². The third kappa shape index (κ3) is 5.90. The van der Waals surface area contributed by atoms with Crippen molar-refractivity contribution in [3.05, 3.63) is 29.8 Å². The molecule has 4 heteroatoms. The van der Waals surface area contributed by atoms with Crippen molar-refractivity contribution in [3.8, 4) is 5.75 Å². The van der Waals surface area contributed by atoms with Crippen molar-refractivity contribution in [3.63, 3.8) is 0 Å². The summed E-state index contributed by atoms with van der Waals surface area (Å²) in [6.45, 7) is 4.69. The van der Waals surface area contributed by atoms with Gasteiger partial charge in [0.2, 0.25) is 0 Å². The minimum Gasteiger partial charge on any atom is -0.491 e. The summed E-state index contributed by atoms with van der Waals surface area (Å²) in [6.07, 6.45) is 2.75.